The second-order valence-electron chi connectivity index (χ2n) is 7.71. The van der Waals surface area contributed by atoms with Crippen molar-refractivity contribution in [2.45, 2.75) is 83.0 Å². The van der Waals surface area contributed by atoms with Crippen molar-refractivity contribution in [3.05, 3.63) is 65.2 Å². The van der Waals surface area contributed by atoms with E-state index in [2.05, 4.69) is 32.0 Å². The highest BCUT2D eigenvalue weighted by Crippen LogP contribution is 2.20. The lowest BCUT2D eigenvalue weighted by Crippen LogP contribution is -2.08. The van der Waals surface area contributed by atoms with Crippen LogP contribution in [0.1, 0.15) is 75.5 Å². The van der Waals surface area contributed by atoms with Crippen molar-refractivity contribution in [2.75, 3.05) is 6.61 Å². The van der Waals surface area contributed by atoms with Gasteiger partial charge in [-0.05, 0) is 67.3 Å². The van der Waals surface area contributed by atoms with E-state index in [4.69, 9.17) is 4.18 Å². The number of benzene rings is 2. The van der Waals surface area contributed by atoms with Crippen LogP contribution >= 0.6 is 0 Å². The van der Waals surface area contributed by atoms with Crippen LogP contribution in [0.2, 0.25) is 0 Å². The summed E-state index contributed by atoms with van der Waals surface area (Å²) in [5, 5.41) is 0. The van der Waals surface area contributed by atoms with Crippen LogP contribution in [-0.2, 0) is 33.6 Å². The molecule has 0 aliphatic rings. The molecule has 0 bridgehead atoms. The van der Waals surface area contributed by atoms with Crippen molar-refractivity contribution in [2.24, 2.45) is 0 Å². The van der Waals surface area contributed by atoms with E-state index in [-0.39, 0.29) is 11.5 Å². The van der Waals surface area contributed by atoms with Crippen LogP contribution in [0.25, 0.3) is 0 Å². The number of hydrogen-bond acceptors (Lipinski definition) is 3. The molecule has 0 saturated carbocycles. The smallest absolute Gasteiger partial charge is 0.266 e. The monoisotopic (exact) mass is 416 g/mol. The summed E-state index contributed by atoms with van der Waals surface area (Å²) in [5.74, 6) is 0. The first-order valence-corrected chi connectivity index (χ1v) is 12.5. The Kier molecular flexibility index (Phi) is 10.4. The van der Waals surface area contributed by atoms with Crippen LogP contribution in [0.3, 0.4) is 0 Å². The molecule has 160 valence electrons. The molecule has 0 spiro atoms. The summed E-state index contributed by atoms with van der Waals surface area (Å²) in [7, 11) is -3.66. The molecular formula is C25H36O3S. The summed E-state index contributed by atoms with van der Waals surface area (Å²) < 4.78 is 29.7. The SMILES string of the molecule is CCCCCc1ccc(CCCOS(=O)(=O)c2ccccc2)c(CCCCC)c1. The molecule has 4 heteroatoms. The summed E-state index contributed by atoms with van der Waals surface area (Å²) in [5.41, 5.74) is 4.19. The van der Waals surface area contributed by atoms with Gasteiger partial charge in [-0.3, -0.25) is 4.18 Å². The Morgan fingerprint density at radius 1 is 0.724 bits per heavy atom. The summed E-state index contributed by atoms with van der Waals surface area (Å²) in [6.45, 7) is 4.68. The fourth-order valence-corrected chi connectivity index (χ4v) is 4.51. The lowest BCUT2D eigenvalue weighted by atomic mass is 9.94. The molecule has 0 radical (unpaired) electrons. The van der Waals surface area contributed by atoms with Crippen molar-refractivity contribution in [1.82, 2.24) is 0 Å². The van der Waals surface area contributed by atoms with Crippen molar-refractivity contribution in [3.63, 3.8) is 0 Å². The van der Waals surface area contributed by atoms with Gasteiger partial charge in [0.05, 0.1) is 11.5 Å². The van der Waals surface area contributed by atoms with Gasteiger partial charge in [0.1, 0.15) is 0 Å². The quantitative estimate of drug-likeness (QED) is 0.261. The van der Waals surface area contributed by atoms with Gasteiger partial charge >= 0.3 is 0 Å². The predicted octanol–water partition coefficient (Wildman–Crippen LogP) is 6.49. The zero-order chi connectivity index (χ0) is 21.0. The van der Waals surface area contributed by atoms with E-state index < -0.39 is 10.1 Å². The average Bonchev–Trinajstić information content (AvgIpc) is 2.73. The normalized spacial score (nSPS) is 11.7. The van der Waals surface area contributed by atoms with Crippen LogP contribution < -0.4 is 0 Å². The second kappa shape index (κ2) is 12.8. The lowest BCUT2D eigenvalue weighted by Gasteiger charge is -2.13. The molecule has 2 aromatic carbocycles. The summed E-state index contributed by atoms with van der Waals surface area (Å²) in [4.78, 5) is 0.219. The molecule has 0 N–H and O–H groups in total. The van der Waals surface area contributed by atoms with Gasteiger partial charge in [-0.2, -0.15) is 8.42 Å². The third-order valence-corrected chi connectivity index (χ3v) is 6.58. The minimum absolute atomic E-state index is 0.212. The summed E-state index contributed by atoms with van der Waals surface area (Å²) in [6, 6.07) is 15.2. The molecule has 2 aromatic rings. The van der Waals surface area contributed by atoms with E-state index in [9.17, 15) is 8.42 Å². The van der Waals surface area contributed by atoms with Crippen LogP contribution in [0, 0.1) is 0 Å². The van der Waals surface area contributed by atoms with E-state index >= 15 is 0 Å². The zero-order valence-electron chi connectivity index (χ0n) is 18.0. The van der Waals surface area contributed by atoms with Gasteiger partial charge < -0.3 is 0 Å². The highest BCUT2D eigenvalue weighted by Gasteiger charge is 2.14. The molecule has 3 nitrogen and oxygen atoms in total. The molecule has 0 unspecified atom stereocenters. The van der Waals surface area contributed by atoms with Gasteiger partial charge in [-0.25, -0.2) is 0 Å². The molecule has 2 rings (SSSR count). The largest absolute Gasteiger partial charge is 0.296 e. The first-order chi connectivity index (χ1) is 14.1. The fraction of sp³-hybridized carbons (Fsp3) is 0.520. The third-order valence-electron chi connectivity index (χ3n) is 5.25. The zero-order valence-corrected chi connectivity index (χ0v) is 18.8. The van der Waals surface area contributed by atoms with E-state index in [1.54, 1.807) is 30.3 Å². The Morgan fingerprint density at radius 3 is 2.07 bits per heavy atom. The molecule has 0 aromatic heterocycles. The summed E-state index contributed by atoms with van der Waals surface area (Å²) in [6.07, 6.45) is 11.2. The van der Waals surface area contributed by atoms with Crippen molar-refractivity contribution in [1.29, 1.82) is 0 Å². The molecule has 0 saturated heterocycles. The summed E-state index contributed by atoms with van der Waals surface area (Å²) >= 11 is 0. The minimum Gasteiger partial charge on any atom is -0.266 e. The first kappa shape index (κ1) is 23.6. The average molecular weight is 417 g/mol. The van der Waals surface area contributed by atoms with Gasteiger partial charge in [0.25, 0.3) is 10.1 Å². The molecule has 0 amide bonds. The van der Waals surface area contributed by atoms with Crippen molar-refractivity contribution >= 4 is 10.1 Å². The standard InChI is InChI=1S/C25H36O3S/c1-3-5-8-13-22-18-19-23(24(21-22)14-9-6-4-2)15-12-20-28-29(26,27)25-16-10-7-11-17-25/h7,10-11,16-19,21H,3-6,8-9,12-15,20H2,1-2H3. The third kappa shape index (κ3) is 8.31. The second-order valence-corrected chi connectivity index (χ2v) is 9.33. The topological polar surface area (TPSA) is 43.4 Å². The number of hydrogen-bond donors (Lipinski definition) is 0. The molecule has 0 aliphatic carbocycles. The first-order valence-electron chi connectivity index (χ1n) is 11.1. The molecule has 29 heavy (non-hydrogen) atoms. The van der Waals surface area contributed by atoms with E-state index in [0.717, 1.165) is 19.3 Å². The molecular weight excluding hydrogens is 380 g/mol. The number of unbranched alkanes of at least 4 members (excludes halogenated alkanes) is 4. The van der Waals surface area contributed by atoms with E-state index in [1.807, 2.05) is 0 Å². The van der Waals surface area contributed by atoms with Crippen LogP contribution in [-0.4, -0.2) is 15.0 Å². The van der Waals surface area contributed by atoms with Crippen LogP contribution in [0.4, 0.5) is 0 Å². The molecule has 0 heterocycles. The van der Waals surface area contributed by atoms with Crippen molar-refractivity contribution < 1.29 is 12.6 Å². The Morgan fingerprint density at radius 2 is 1.38 bits per heavy atom. The highest BCUT2D eigenvalue weighted by atomic mass is 32.2. The lowest BCUT2D eigenvalue weighted by molar-refractivity contribution is 0.312. The predicted molar refractivity (Wildman–Crippen MR) is 121 cm³/mol. The maximum atomic E-state index is 12.2. The maximum Gasteiger partial charge on any atom is 0.296 e. The van der Waals surface area contributed by atoms with Gasteiger partial charge in [-0.1, -0.05) is 75.9 Å². The number of aryl methyl sites for hydroxylation is 3. The molecule has 0 aliphatic heterocycles. The van der Waals surface area contributed by atoms with Crippen molar-refractivity contribution in [3.8, 4) is 0 Å². The Bertz CT molecular complexity index is 813. The van der Waals surface area contributed by atoms with Gasteiger partial charge in [-0.15, -0.1) is 0 Å². The number of rotatable bonds is 14. The fourth-order valence-electron chi connectivity index (χ4n) is 3.54. The Hall–Kier alpha value is -1.65. The van der Waals surface area contributed by atoms with Gasteiger partial charge in [0, 0.05) is 0 Å². The van der Waals surface area contributed by atoms with E-state index in [1.165, 1.54) is 55.2 Å². The molecule has 0 atom stereocenters. The molecule has 0 fully saturated rings. The Labute approximate surface area is 177 Å². The highest BCUT2D eigenvalue weighted by molar-refractivity contribution is 7.86. The van der Waals surface area contributed by atoms with Gasteiger partial charge in [0.15, 0.2) is 0 Å². The van der Waals surface area contributed by atoms with Crippen LogP contribution in [0.5, 0.6) is 0 Å². The maximum absolute atomic E-state index is 12.2. The minimum atomic E-state index is -3.66. The Balaban J connectivity index is 1.93. The van der Waals surface area contributed by atoms with Crippen LogP contribution in [0.15, 0.2) is 53.4 Å². The van der Waals surface area contributed by atoms with E-state index in [0.29, 0.717) is 6.42 Å². The van der Waals surface area contributed by atoms with Gasteiger partial charge in [0.2, 0.25) is 0 Å².